The van der Waals surface area contributed by atoms with E-state index in [-0.39, 0.29) is 12.3 Å². The molecule has 0 aliphatic carbocycles. The van der Waals surface area contributed by atoms with Crippen molar-refractivity contribution in [3.05, 3.63) is 81.4 Å². The number of hydrogen-bond donors (Lipinski definition) is 0. The second-order valence-corrected chi connectivity index (χ2v) is 12.3. The zero-order valence-electron chi connectivity index (χ0n) is 18.7. The van der Waals surface area contributed by atoms with Crippen LogP contribution in [0.1, 0.15) is 11.1 Å². The molecule has 2 aromatic carbocycles. The first-order chi connectivity index (χ1) is 15.7. The van der Waals surface area contributed by atoms with Gasteiger partial charge in [0.1, 0.15) is 6.61 Å². The van der Waals surface area contributed by atoms with Crippen LogP contribution in [0.15, 0.2) is 59.5 Å². The van der Waals surface area contributed by atoms with Crippen LogP contribution in [0.25, 0.3) is 11.4 Å². The van der Waals surface area contributed by atoms with E-state index in [0.29, 0.717) is 16.6 Å². The van der Waals surface area contributed by atoms with Crippen molar-refractivity contribution in [2.24, 2.45) is 7.05 Å². The molecule has 4 aromatic rings. The first-order valence-corrected chi connectivity index (χ1v) is 13.2. The Morgan fingerprint density at radius 2 is 1.82 bits per heavy atom. The van der Waals surface area contributed by atoms with Gasteiger partial charge in [-0.1, -0.05) is 23.6 Å². The lowest BCUT2D eigenvalue weighted by Gasteiger charge is -2.16. The van der Waals surface area contributed by atoms with Crippen LogP contribution in [0.3, 0.4) is 0 Å². The van der Waals surface area contributed by atoms with Crippen molar-refractivity contribution in [2.45, 2.75) is 6.61 Å². The van der Waals surface area contributed by atoms with Gasteiger partial charge in [-0.05, 0) is 70.8 Å². The van der Waals surface area contributed by atoms with Crippen molar-refractivity contribution in [1.29, 1.82) is 0 Å². The van der Waals surface area contributed by atoms with Gasteiger partial charge in [-0.15, -0.1) is 5.10 Å². The van der Waals surface area contributed by atoms with Crippen LogP contribution in [0.5, 0.6) is 5.88 Å². The Bertz CT molecular complexity index is 1400. The highest BCUT2D eigenvalue weighted by Crippen LogP contribution is 2.32. The highest BCUT2D eigenvalue weighted by Gasteiger charge is 2.15. The standard InChI is InChI=1S/C23H23ClN6O2S/c1-28-23(31)30(27-26-28)21-7-5-6-17(13-15-33(2,3)4)20(21)16-32-22-12-14-29(25-22)19-10-8-18(24)9-11-19/h5-12,14H,16H2,1-4H3. The number of benzene rings is 2. The molecule has 0 atom stereocenters. The van der Waals surface area contributed by atoms with Crippen molar-refractivity contribution < 1.29 is 4.74 Å². The van der Waals surface area contributed by atoms with E-state index in [2.05, 4.69) is 45.5 Å². The maximum absolute atomic E-state index is 12.5. The van der Waals surface area contributed by atoms with E-state index in [9.17, 15) is 4.79 Å². The minimum Gasteiger partial charge on any atom is -0.472 e. The van der Waals surface area contributed by atoms with Crippen LogP contribution in [0.4, 0.5) is 0 Å². The highest BCUT2D eigenvalue weighted by atomic mass is 35.5. The molecule has 8 nitrogen and oxygen atoms in total. The van der Waals surface area contributed by atoms with E-state index >= 15 is 0 Å². The molecule has 0 saturated carbocycles. The minimum absolute atomic E-state index is 0.153. The fourth-order valence-electron chi connectivity index (χ4n) is 2.98. The zero-order chi connectivity index (χ0) is 23.6. The molecule has 0 spiro atoms. The van der Waals surface area contributed by atoms with Crippen LogP contribution < -0.4 is 10.4 Å². The molecule has 0 amide bonds. The Balaban J connectivity index is 1.68. The van der Waals surface area contributed by atoms with Gasteiger partial charge in [-0.25, -0.2) is 9.48 Å². The van der Waals surface area contributed by atoms with Crippen molar-refractivity contribution in [3.8, 4) is 28.4 Å². The van der Waals surface area contributed by atoms with Crippen molar-refractivity contribution >= 4 is 21.6 Å². The average molecular weight is 483 g/mol. The average Bonchev–Trinajstić information content (AvgIpc) is 3.38. The molecule has 2 heterocycles. The van der Waals surface area contributed by atoms with Crippen LogP contribution in [0.2, 0.25) is 5.02 Å². The van der Waals surface area contributed by atoms with Gasteiger partial charge < -0.3 is 4.74 Å². The summed E-state index contributed by atoms with van der Waals surface area (Å²) >= 11 is 5.97. The summed E-state index contributed by atoms with van der Waals surface area (Å²) in [5.74, 6) is 3.70. The third kappa shape index (κ3) is 5.30. The van der Waals surface area contributed by atoms with Crippen LogP contribution in [-0.4, -0.2) is 48.3 Å². The van der Waals surface area contributed by atoms with E-state index in [4.69, 9.17) is 16.3 Å². The summed E-state index contributed by atoms with van der Waals surface area (Å²) < 4.78 is 10.1. The number of aromatic nitrogens is 6. The maximum Gasteiger partial charge on any atom is 0.368 e. The monoisotopic (exact) mass is 482 g/mol. The number of aryl methyl sites for hydroxylation is 1. The third-order valence-electron chi connectivity index (χ3n) is 4.61. The predicted molar refractivity (Wildman–Crippen MR) is 132 cm³/mol. The molecule has 0 unspecified atom stereocenters. The van der Waals surface area contributed by atoms with Crippen molar-refractivity contribution in [2.75, 3.05) is 18.8 Å². The molecule has 2 aromatic heterocycles. The normalized spacial score (nSPS) is 11.7. The second kappa shape index (κ2) is 9.17. The Kier molecular flexibility index (Phi) is 6.31. The third-order valence-corrected chi connectivity index (χ3v) is 5.58. The minimum atomic E-state index is -1.05. The van der Waals surface area contributed by atoms with Gasteiger partial charge in [0.15, 0.2) is 0 Å². The molecule has 0 N–H and O–H groups in total. The molecule has 170 valence electrons. The number of ether oxygens (including phenoxy) is 1. The lowest BCUT2D eigenvalue weighted by atomic mass is 10.1. The smallest absolute Gasteiger partial charge is 0.368 e. The molecular weight excluding hydrogens is 460 g/mol. The van der Waals surface area contributed by atoms with Crippen LogP contribution in [0, 0.1) is 11.2 Å². The Labute approximate surface area is 198 Å². The summed E-state index contributed by atoms with van der Waals surface area (Å²) in [6.45, 7) is 0.153. The Hall–Kier alpha value is -3.48. The molecule has 0 aliphatic rings. The van der Waals surface area contributed by atoms with Gasteiger partial charge in [-0.2, -0.15) is 19.4 Å². The van der Waals surface area contributed by atoms with E-state index in [1.54, 1.807) is 42.2 Å². The van der Waals surface area contributed by atoms with Gasteiger partial charge in [0, 0.05) is 35.5 Å². The quantitative estimate of drug-likeness (QED) is 0.407. The first kappa shape index (κ1) is 22.7. The molecule has 0 radical (unpaired) electrons. The zero-order valence-corrected chi connectivity index (χ0v) is 20.3. The largest absolute Gasteiger partial charge is 0.472 e. The topological polar surface area (TPSA) is 79.8 Å². The predicted octanol–water partition coefficient (Wildman–Crippen LogP) is 3.39. The molecule has 0 aliphatic heterocycles. The molecule has 4 rings (SSSR count). The summed E-state index contributed by atoms with van der Waals surface area (Å²) in [5, 5.41) is 16.3. The number of nitrogens with zero attached hydrogens (tertiary/aromatic N) is 6. The number of tetrazole rings is 1. The maximum atomic E-state index is 12.5. The summed E-state index contributed by atoms with van der Waals surface area (Å²) in [7, 11) is 0.508. The fraction of sp³-hybridized carbons (Fsp3) is 0.217. The van der Waals surface area contributed by atoms with Gasteiger partial charge in [0.25, 0.3) is 0 Å². The molecule has 0 saturated heterocycles. The number of hydrogen-bond acceptors (Lipinski definition) is 5. The molecule has 0 fully saturated rings. The first-order valence-electron chi connectivity index (χ1n) is 9.98. The van der Waals surface area contributed by atoms with E-state index < -0.39 is 10.0 Å². The summed E-state index contributed by atoms with van der Waals surface area (Å²) in [4.78, 5) is 12.5. The van der Waals surface area contributed by atoms with E-state index in [1.807, 2.05) is 24.3 Å². The van der Waals surface area contributed by atoms with Gasteiger partial charge >= 0.3 is 5.69 Å². The summed E-state index contributed by atoms with van der Waals surface area (Å²) in [6.07, 6.45) is 8.17. The highest BCUT2D eigenvalue weighted by molar-refractivity contribution is 8.35. The number of rotatable bonds is 5. The van der Waals surface area contributed by atoms with Crippen LogP contribution in [-0.2, 0) is 13.7 Å². The van der Waals surface area contributed by atoms with Gasteiger partial charge in [0.05, 0.1) is 11.4 Å². The van der Waals surface area contributed by atoms with Crippen LogP contribution >= 0.6 is 21.6 Å². The van der Waals surface area contributed by atoms with E-state index in [1.165, 1.54) is 9.36 Å². The lowest BCUT2D eigenvalue weighted by Crippen LogP contribution is -2.23. The summed E-state index contributed by atoms with van der Waals surface area (Å²) in [5.41, 5.74) is 2.58. The molecule has 33 heavy (non-hydrogen) atoms. The van der Waals surface area contributed by atoms with Crippen molar-refractivity contribution in [1.82, 2.24) is 29.6 Å². The lowest BCUT2D eigenvalue weighted by molar-refractivity contribution is 0.291. The fourth-order valence-corrected chi connectivity index (χ4v) is 3.52. The molecule has 10 heteroatoms. The van der Waals surface area contributed by atoms with E-state index in [0.717, 1.165) is 16.8 Å². The summed E-state index contributed by atoms with van der Waals surface area (Å²) in [6, 6.07) is 14.7. The molecular formula is C23H23ClN6O2S. The van der Waals surface area contributed by atoms with Gasteiger partial charge in [-0.3, -0.25) is 0 Å². The second-order valence-electron chi connectivity index (χ2n) is 8.03. The van der Waals surface area contributed by atoms with Crippen molar-refractivity contribution in [3.63, 3.8) is 0 Å². The van der Waals surface area contributed by atoms with Gasteiger partial charge in [0.2, 0.25) is 5.88 Å². The number of halogens is 1. The Morgan fingerprint density at radius 1 is 1.06 bits per heavy atom. The molecule has 0 bridgehead atoms. The Morgan fingerprint density at radius 3 is 2.48 bits per heavy atom. The SMILES string of the molecule is Cn1nnn(-c2cccc(C#CS(C)(C)C)c2COc2ccn(-c3ccc(Cl)cc3)n2)c1=O.